The van der Waals surface area contributed by atoms with E-state index in [9.17, 15) is 4.79 Å². The van der Waals surface area contributed by atoms with Crippen LogP contribution >= 0.6 is 0 Å². The Hall–Kier alpha value is -2.12. The molecule has 0 saturated carbocycles. The van der Waals surface area contributed by atoms with Gasteiger partial charge < -0.3 is 20.7 Å². The lowest BCUT2D eigenvalue weighted by atomic mass is 10.5. The summed E-state index contributed by atoms with van der Waals surface area (Å²) < 4.78 is 4.95. The van der Waals surface area contributed by atoms with Gasteiger partial charge >= 0.3 is 6.01 Å². The number of hydrogen-bond donors (Lipinski definition) is 2. The van der Waals surface area contributed by atoms with E-state index in [1.54, 1.807) is 11.9 Å². The predicted octanol–water partition coefficient (Wildman–Crippen LogP) is -0.766. The van der Waals surface area contributed by atoms with Gasteiger partial charge in [0.2, 0.25) is 17.8 Å². The largest absolute Gasteiger partial charge is 0.467 e. The summed E-state index contributed by atoms with van der Waals surface area (Å²) in [4.78, 5) is 24.7. The molecule has 1 heterocycles. The van der Waals surface area contributed by atoms with Gasteiger partial charge in [-0.2, -0.15) is 15.0 Å². The Balaban J connectivity index is 3.04. The van der Waals surface area contributed by atoms with E-state index in [0.29, 0.717) is 18.4 Å². The number of carbonyl (C=O) groups excluding carboxylic acids is 1. The number of nitrogens with zero attached hydrogens (tertiary/aromatic N) is 4. The number of methoxy groups -OCH3 is 1. The summed E-state index contributed by atoms with van der Waals surface area (Å²) in [5.74, 6) is 0.273. The van der Waals surface area contributed by atoms with Gasteiger partial charge in [0.05, 0.1) is 13.7 Å². The van der Waals surface area contributed by atoms with Crippen molar-refractivity contribution >= 4 is 17.8 Å². The standard InChI is InChI=1S/C9H16N6O2/c1-4-15(5-6(10)16)8-12-7(11-2)13-9(14-8)17-3/h4-5H2,1-3H3,(H2,10,16)(H,11,12,13,14). The second-order valence-corrected chi connectivity index (χ2v) is 3.18. The van der Waals surface area contributed by atoms with Crippen LogP contribution in [-0.4, -0.2) is 48.1 Å². The Labute approximate surface area is 99.2 Å². The molecule has 0 aliphatic carbocycles. The average molecular weight is 240 g/mol. The minimum absolute atomic E-state index is 0.0484. The highest BCUT2D eigenvalue weighted by molar-refractivity contribution is 5.78. The number of primary amides is 1. The molecule has 0 radical (unpaired) electrons. The van der Waals surface area contributed by atoms with Gasteiger partial charge in [-0.25, -0.2) is 0 Å². The number of ether oxygens (including phenoxy) is 1. The average Bonchev–Trinajstić information content (AvgIpc) is 2.34. The molecule has 0 aromatic carbocycles. The molecular formula is C9H16N6O2. The third kappa shape index (κ3) is 3.44. The van der Waals surface area contributed by atoms with Crippen molar-refractivity contribution in [2.24, 2.45) is 5.73 Å². The van der Waals surface area contributed by atoms with Crippen LogP contribution in [0.4, 0.5) is 11.9 Å². The fourth-order valence-electron chi connectivity index (χ4n) is 1.20. The number of likely N-dealkylation sites (N-methyl/N-ethyl adjacent to an activating group) is 1. The molecule has 1 aromatic heterocycles. The molecule has 0 unspecified atom stereocenters. The Kier molecular flexibility index (Phi) is 4.44. The van der Waals surface area contributed by atoms with Crippen molar-refractivity contribution in [2.75, 3.05) is 37.5 Å². The molecule has 0 aliphatic heterocycles. The van der Waals surface area contributed by atoms with Crippen LogP contribution in [-0.2, 0) is 4.79 Å². The van der Waals surface area contributed by atoms with Crippen LogP contribution in [0.5, 0.6) is 6.01 Å². The molecule has 0 atom stereocenters. The zero-order valence-electron chi connectivity index (χ0n) is 10.1. The molecule has 94 valence electrons. The zero-order valence-corrected chi connectivity index (χ0v) is 10.1. The van der Waals surface area contributed by atoms with Crippen LogP contribution in [0.15, 0.2) is 0 Å². The summed E-state index contributed by atoms with van der Waals surface area (Å²) in [6, 6.07) is 0.183. The highest BCUT2D eigenvalue weighted by Gasteiger charge is 2.13. The minimum atomic E-state index is -0.447. The van der Waals surface area contributed by atoms with Gasteiger partial charge in [-0.15, -0.1) is 0 Å². The first-order valence-electron chi connectivity index (χ1n) is 5.11. The molecule has 0 spiro atoms. The van der Waals surface area contributed by atoms with Crippen LogP contribution in [0.3, 0.4) is 0 Å². The van der Waals surface area contributed by atoms with E-state index >= 15 is 0 Å². The molecule has 3 N–H and O–H groups in total. The van der Waals surface area contributed by atoms with E-state index in [-0.39, 0.29) is 12.6 Å². The highest BCUT2D eigenvalue weighted by atomic mass is 16.5. The van der Waals surface area contributed by atoms with Gasteiger partial charge in [0, 0.05) is 13.6 Å². The topological polar surface area (TPSA) is 106 Å². The van der Waals surface area contributed by atoms with Gasteiger partial charge in [-0.1, -0.05) is 0 Å². The van der Waals surface area contributed by atoms with E-state index < -0.39 is 5.91 Å². The molecule has 8 nitrogen and oxygen atoms in total. The number of anilines is 2. The molecule has 8 heteroatoms. The number of amides is 1. The number of nitrogens with one attached hydrogen (secondary N) is 1. The van der Waals surface area contributed by atoms with Crippen molar-refractivity contribution in [2.45, 2.75) is 6.92 Å². The number of rotatable bonds is 6. The lowest BCUT2D eigenvalue weighted by Gasteiger charge is -2.19. The Bertz CT molecular complexity index is 375. The molecule has 0 aliphatic rings. The number of hydrogen-bond acceptors (Lipinski definition) is 7. The SMILES string of the molecule is CCN(CC(N)=O)c1nc(NC)nc(OC)n1. The first-order valence-corrected chi connectivity index (χ1v) is 5.11. The van der Waals surface area contributed by atoms with Crippen molar-refractivity contribution in [3.05, 3.63) is 0 Å². The smallest absolute Gasteiger partial charge is 0.322 e. The Morgan fingerprint density at radius 3 is 2.65 bits per heavy atom. The summed E-state index contributed by atoms with van der Waals surface area (Å²) in [5, 5.41) is 2.79. The molecule has 1 rings (SSSR count). The molecule has 1 amide bonds. The molecule has 0 saturated heterocycles. The summed E-state index contributed by atoms with van der Waals surface area (Å²) in [6.45, 7) is 2.48. The Morgan fingerprint density at radius 1 is 1.47 bits per heavy atom. The first-order chi connectivity index (χ1) is 8.10. The van der Waals surface area contributed by atoms with Crippen molar-refractivity contribution < 1.29 is 9.53 Å². The third-order valence-corrected chi connectivity index (χ3v) is 2.02. The molecule has 0 bridgehead atoms. The highest BCUT2D eigenvalue weighted by Crippen LogP contribution is 2.13. The predicted molar refractivity (Wildman–Crippen MR) is 63.0 cm³/mol. The van der Waals surface area contributed by atoms with Crippen LogP contribution < -0.4 is 20.7 Å². The van der Waals surface area contributed by atoms with Crippen LogP contribution in [0, 0.1) is 0 Å². The van der Waals surface area contributed by atoms with E-state index in [2.05, 4.69) is 20.3 Å². The zero-order chi connectivity index (χ0) is 12.8. The maximum atomic E-state index is 10.9. The fourth-order valence-corrected chi connectivity index (χ4v) is 1.20. The quantitative estimate of drug-likeness (QED) is 0.672. The molecular weight excluding hydrogens is 224 g/mol. The van der Waals surface area contributed by atoms with Gasteiger partial charge in [0.15, 0.2) is 0 Å². The first kappa shape index (κ1) is 12.9. The fraction of sp³-hybridized carbons (Fsp3) is 0.556. The Morgan fingerprint density at radius 2 is 2.18 bits per heavy atom. The minimum Gasteiger partial charge on any atom is -0.467 e. The van der Waals surface area contributed by atoms with Crippen LogP contribution in [0.25, 0.3) is 0 Å². The van der Waals surface area contributed by atoms with Crippen molar-refractivity contribution in [3.63, 3.8) is 0 Å². The summed E-state index contributed by atoms with van der Waals surface area (Å²) in [6.07, 6.45) is 0. The summed E-state index contributed by atoms with van der Waals surface area (Å²) in [5.41, 5.74) is 5.15. The van der Waals surface area contributed by atoms with E-state index in [4.69, 9.17) is 10.5 Å². The maximum absolute atomic E-state index is 10.9. The molecule has 0 fully saturated rings. The number of carbonyl (C=O) groups is 1. The van der Waals surface area contributed by atoms with Gasteiger partial charge in [0.1, 0.15) is 0 Å². The second kappa shape index (κ2) is 5.83. The van der Waals surface area contributed by atoms with Crippen molar-refractivity contribution in [3.8, 4) is 6.01 Å². The molecule has 17 heavy (non-hydrogen) atoms. The lowest BCUT2D eigenvalue weighted by molar-refractivity contribution is -0.116. The number of aromatic nitrogens is 3. The normalized spacial score (nSPS) is 9.82. The van der Waals surface area contributed by atoms with Gasteiger partial charge in [-0.3, -0.25) is 4.79 Å². The third-order valence-electron chi connectivity index (χ3n) is 2.02. The van der Waals surface area contributed by atoms with Gasteiger partial charge in [0.25, 0.3) is 0 Å². The van der Waals surface area contributed by atoms with Crippen LogP contribution in [0.2, 0.25) is 0 Å². The summed E-state index contributed by atoms with van der Waals surface area (Å²) in [7, 11) is 3.14. The van der Waals surface area contributed by atoms with Crippen molar-refractivity contribution in [1.82, 2.24) is 15.0 Å². The van der Waals surface area contributed by atoms with E-state index in [0.717, 1.165) is 0 Å². The lowest BCUT2D eigenvalue weighted by Crippen LogP contribution is -2.35. The van der Waals surface area contributed by atoms with Crippen LogP contribution in [0.1, 0.15) is 6.92 Å². The molecule has 1 aromatic rings. The van der Waals surface area contributed by atoms with E-state index in [1.807, 2.05) is 6.92 Å². The van der Waals surface area contributed by atoms with Gasteiger partial charge in [-0.05, 0) is 6.92 Å². The monoisotopic (exact) mass is 240 g/mol. The van der Waals surface area contributed by atoms with E-state index in [1.165, 1.54) is 7.11 Å². The number of nitrogens with two attached hydrogens (primary N) is 1. The second-order valence-electron chi connectivity index (χ2n) is 3.18. The maximum Gasteiger partial charge on any atom is 0.322 e. The summed E-state index contributed by atoms with van der Waals surface area (Å²) >= 11 is 0. The van der Waals surface area contributed by atoms with Crippen molar-refractivity contribution in [1.29, 1.82) is 0 Å².